The summed E-state index contributed by atoms with van der Waals surface area (Å²) in [6, 6.07) is 13.9. The number of hydrogen-bond acceptors (Lipinski definition) is 3. The minimum atomic E-state index is -3.97. The number of ether oxygens (including phenoxy) is 1. The minimum Gasteiger partial charge on any atom is -0.372 e. The van der Waals surface area contributed by atoms with E-state index in [1.807, 2.05) is 49.1 Å². The molecule has 0 amide bonds. The third-order valence-electron chi connectivity index (χ3n) is 4.07. The van der Waals surface area contributed by atoms with Crippen molar-refractivity contribution in [1.82, 2.24) is 4.90 Å². The molecule has 5 nitrogen and oxygen atoms in total. The van der Waals surface area contributed by atoms with Crippen LogP contribution in [0.3, 0.4) is 0 Å². The molecule has 0 aliphatic carbocycles. The Kier molecular flexibility index (Phi) is 5.38. The van der Waals surface area contributed by atoms with Crippen LogP contribution in [0.5, 0.6) is 0 Å². The first kappa shape index (κ1) is 18.5. The predicted octanol–water partition coefficient (Wildman–Crippen LogP) is 3.07. The van der Waals surface area contributed by atoms with E-state index in [1.54, 1.807) is 0 Å². The van der Waals surface area contributed by atoms with Crippen LogP contribution < -0.4 is 0 Å². The zero-order valence-corrected chi connectivity index (χ0v) is 15.5. The molecule has 0 saturated carbocycles. The number of amidine groups is 1. The maximum absolute atomic E-state index is 13.1. The van der Waals surface area contributed by atoms with E-state index in [0.717, 1.165) is 12.1 Å². The normalized spacial score (nSPS) is 21.7. The van der Waals surface area contributed by atoms with E-state index in [2.05, 4.69) is 4.40 Å². The summed E-state index contributed by atoms with van der Waals surface area (Å²) in [4.78, 5) is 1.89. The van der Waals surface area contributed by atoms with Gasteiger partial charge in [-0.15, -0.1) is 4.40 Å². The Morgan fingerprint density at radius 3 is 2.19 bits per heavy atom. The molecule has 0 bridgehead atoms. The summed E-state index contributed by atoms with van der Waals surface area (Å²) >= 11 is 0. The van der Waals surface area contributed by atoms with E-state index in [-0.39, 0.29) is 17.1 Å². The van der Waals surface area contributed by atoms with E-state index in [4.69, 9.17) is 4.74 Å². The molecule has 1 aliphatic heterocycles. The first-order valence-corrected chi connectivity index (χ1v) is 9.85. The van der Waals surface area contributed by atoms with Crippen LogP contribution >= 0.6 is 0 Å². The summed E-state index contributed by atoms with van der Waals surface area (Å²) in [5.41, 5.74) is 0.708. The smallest absolute Gasteiger partial charge is 0.284 e. The largest absolute Gasteiger partial charge is 0.372 e. The lowest BCUT2D eigenvalue weighted by Crippen LogP contribution is -2.48. The summed E-state index contributed by atoms with van der Waals surface area (Å²) in [6.07, 6.45) is -0.0811. The van der Waals surface area contributed by atoms with E-state index >= 15 is 0 Å². The molecule has 2 aromatic rings. The van der Waals surface area contributed by atoms with E-state index in [9.17, 15) is 12.8 Å². The first-order chi connectivity index (χ1) is 12.3. The van der Waals surface area contributed by atoms with Crippen LogP contribution in [-0.2, 0) is 14.8 Å². The quantitative estimate of drug-likeness (QED) is 0.610. The van der Waals surface area contributed by atoms with E-state index in [0.29, 0.717) is 24.5 Å². The second-order valence-electron chi connectivity index (χ2n) is 6.37. The molecule has 2 aromatic carbocycles. The zero-order chi connectivity index (χ0) is 18.7. The maximum Gasteiger partial charge on any atom is 0.284 e. The molecule has 2 atom stereocenters. The monoisotopic (exact) mass is 376 g/mol. The fourth-order valence-corrected chi connectivity index (χ4v) is 4.04. The van der Waals surface area contributed by atoms with Crippen molar-refractivity contribution in [2.75, 3.05) is 13.1 Å². The Morgan fingerprint density at radius 1 is 1.04 bits per heavy atom. The fraction of sp³-hybridized carbons (Fsp3) is 0.316. The van der Waals surface area contributed by atoms with Crippen molar-refractivity contribution in [2.24, 2.45) is 4.40 Å². The van der Waals surface area contributed by atoms with Crippen molar-refractivity contribution in [3.05, 3.63) is 66.0 Å². The second-order valence-corrected chi connectivity index (χ2v) is 7.98. The van der Waals surface area contributed by atoms with Gasteiger partial charge in [0.15, 0.2) is 0 Å². The van der Waals surface area contributed by atoms with Crippen LogP contribution in [0, 0.1) is 5.82 Å². The summed E-state index contributed by atoms with van der Waals surface area (Å²) in [7, 11) is -3.97. The number of hydrogen-bond donors (Lipinski definition) is 0. The average molecular weight is 376 g/mol. The maximum atomic E-state index is 13.1. The lowest BCUT2D eigenvalue weighted by Gasteiger charge is -2.37. The average Bonchev–Trinajstić information content (AvgIpc) is 2.60. The highest BCUT2D eigenvalue weighted by Crippen LogP contribution is 2.19. The van der Waals surface area contributed by atoms with E-state index in [1.165, 1.54) is 12.1 Å². The van der Waals surface area contributed by atoms with Gasteiger partial charge in [-0.05, 0) is 38.1 Å². The molecule has 0 spiro atoms. The molecule has 1 fully saturated rings. The van der Waals surface area contributed by atoms with Gasteiger partial charge in [-0.25, -0.2) is 4.39 Å². The highest BCUT2D eigenvalue weighted by molar-refractivity contribution is 7.90. The first-order valence-electron chi connectivity index (χ1n) is 8.41. The van der Waals surface area contributed by atoms with Crippen LogP contribution in [0.2, 0.25) is 0 Å². The number of sulfonamides is 1. The van der Waals surface area contributed by atoms with Crippen molar-refractivity contribution in [3.8, 4) is 0 Å². The molecule has 26 heavy (non-hydrogen) atoms. The zero-order valence-electron chi connectivity index (χ0n) is 14.7. The third kappa shape index (κ3) is 4.28. The van der Waals surface area contributed by atoms with Gasteiger partial charge in [0.05, 0.1) is 17.1 Å². The van der Waals surface area contributed by atoms with Crippen molar-refractivity contribution in [3.63, 3.8) is 0 Å². The number of morpholine rings is 1. The molecule has 1 heterocycles. The van der Waals surface area contributed by atoms with Gasteiger partial charge in [0.25, 0.3) is 10.0 Å². The molecule has 0 N–H and O–H groups in total. The van der Waals surface area contributed by atoms with E-state index < -0.39 is 15.8 Å². The van der Waals surface area contributed by atoms with Gasteiger partial charge in [-0.1, -0.05) is 30.3 Å². The van der Waals surface area contributed by atoms with Crippen LogP contribution in [0.25, 0.3) is 0 Å². The molecule has 1 aliphatic rings. The van der Waals surface area contributed by atoms with Crippen LogP contribution in [0.4, 0.5) is 4.39 Å². The van der Waals surface area contributed by atoms with Gasteiger partial charge in [0.1, 0.15) is 11.7 Å². The Morgan fingerprint density at radius 2 is 1.62 bits per heavy atom. The van der Waals surface area contributed by atoms with Crippen molar-refractivity contribution < 1.29 is 17.5 Å². The van der Waals surface area contributed by atoms with Gasteiger partial charge < -0.3 is 9.64 Å². The van der Waals surface area contributed by atoms with Gasteiger partial charge >= 0.3 is 0 Å². The molecular weight excluding hydrogens is 355 g/mol. The van der Waals surface area contributed by atoms with Gasteiger partial charge in [0, 0.05) is 18.7 Å². The molecule has 7 heteroatoms. The summed E-state index contributed by atoms with van der Waals surface area (Å²) in [6.45, 7) is 4.97. The Hall–Kier alpha value is -2.25. The molecule has 3 rings (SSSR count). The van der Waals surface area contributed by atoms with Crippen molar-refractivity contribution >= 4 is 15.9 Å². The Bertz CT molecular complexity index is 873. The van der Waals surface area contributed by atoms with Crippen LogP contribution in [-0.4, -0.2) is 44.5 Å². The van der Waals surface area contributed by atoms with Crippen molar-refractivity contribution in [2.45, 2.75) is 31.0 Å². The number of nitrogens with zero attached hydrogens (tertiary/aromatic N) is 2. The van der Waals surface area contributed by atoms with Crippen LogP contribution in [0.1, 0.15) is 19.4 Å². The molecule has 138 valence electrons. The number of halogens is 1. The lowest BCUT2D eigenvalue weighted by molar-refractivity contribution is -0.0478. The Balaban J connectivity index is 2.05. The van der Waals surface area contributed by atoms with Crippen LogP contribution in [0.15, 0.2) is 63.9 Å². The number of benzene rings is 2. The van der Waals surface area contributed by atoms with Gasteiger partial charge in [0.2, 0.25) is 0 Å². The van der Waals surface area contributed by atoms with Crippen molar-refractivity contribution in [1.29, 1.82) is 0 Å². The summed E-state index contributed by atoms with van der Waals surface area (Å²) in [5.74, 6) is -0.121. The Labute approximate surface area is 153 Å². The van der Waals surface area contributed by atoms with Gasteiger partial charge in [-0.3, -0.25) is 0 Å². The predicted molar refractivity (Wildman–Crippen MR) is 98.1 cm³/mol. The molecular formula is C19H21FN2O3S. The molecule has 0 radical (unpaired) electrons. The fourth-order valence-electron chi connectivity index (χ4n) is 3.00. The lowest BCUT2D eigenvalue weighted by atomic mass is 10.1. The topological polar surface area (TPSA) is 59.0 Å². The highest BCUT2D eigenvalue weighted by atomic mass is 32.2. The third-order valence-corrected chi connectivity index (χ3v) is 5.35. The van der Waals surface area contributed by atoms with Gasteiger partial charge in [-0.2, -0.15) is 8.42 Å². The molecule has 1 saturated heterocycles. The standard InChI is InChI=1S/C19H21FN2O3S/c1-14-12-22(13-15(2)25-14)19(16-6-4-3-5-7-16)21-26(23,24)18-10-8-17(20)9-11-18/h3-11,14-15H,12-13H2,1-2H3/b21-19-. The summed E-state index contributed by atoms with van der Waals surface area (Å²) < 4.78 is 48.5. The molecule has 0 aromatic heterocycles. The summed E-state index contributed by atoms with van der Waals surface area (Å²) in [5, 5.41) is 0. The minimum absolute atomic E-state index is 0.0401. The SMILES string of the molecule is CC1CN(/C(=N\S(=O)(=O)c2ccc(F)cc2)c2ccccc2)CC(C)O1. The molecule has 2 unspecified atom stereocenters. The number of rotatable bonds is 3. The second kappa shape index (κ2) is 7.55. The highest BCUT2D eigenvalue weighted by Gasteiger charge is 2.27.